The maximum absolute atomic E-state index is 10.1. The number of hydrogen-bond donors (Lipinski definition) is 0. The second-order valence-electron chi connectivity index (χ2n) is 3.34. The van der Waals surface area contributed by atoms with Crippen molar-refractivity contribution in [2.24, 2.45) is 0 Å². The maximum atomic E-state index is 10.1. The summed E-state index contributed by atoms with van der Waals surface area (Å²) in [5.41, 5.74) is 1.44. The van der Waals surface area contributed by atoms with E-state index < -0.39 is 0 Å². The summed E-state index contributed by atoms with van der Waals surface area (Å²) in [5, 5.41) is 0. The predicted molar refractivity (Wildman–Crippen MR) is 84.1 cm³/mol. The lowest BCUT2D eigenvalue weighted by Gasteiger charge is -1.87. The molecule has 0 N–H and O–H groups in total. The van der Waals surface area contributed by atoms with Crippen molar-refractivity contribution in [3.63, 3.8) is 0 Å². The van der Waals surface area contributed by atoms with E-state index in [4.69, 9.17) is 0 Å². The summed E-state index contributed by atoms with van der Waals surface area (Å²) in [6.07, 6.45) is 1.67. The molecule has 0 radical (unpaired) electrons. The molecule has 0 aromatic heterocycles. The third-order valence-corrected chi connectivity index (χ3v) is 3.26. The number of aldehydes is 2. The van der Waals surface area contributed by atoms with Crippen LogP contribution in [-0.2, 0) is 0 Å². The van der Waals surface area contributed by atoms with Crippen LogP contribution in [0.1, 0.15) is 20.7 Å². The van der Waals surface area contributed by atoms with Gasteiger partial charge in [0.2, 0.25) is 0 Å². The molecular weight excluding hydrogens is 407 g/mol. The molecule has 2 rings (SSSR count). The number of rotatable bonds is 2. The zero-order chi connectivity index (χ0) is 13.4. The molecule has 2 aromatic carbocycles. The second kappa shape index (κ2) is 8.16. The first kappa shape index (κ1) is 15.0. The summed E-state index contributed by atoms with van der Waals surface area (Å²) in [6, 6.07) is 14.6. The number of halogens is 2. The molecular formula is C14H10BrIO2. The SMILES string of the molecule is O=Cc1ccc(Br)cc1.O=Cc1ccc(I)cc1. The minimum absolute atomic E-state index is 0.707. The fourth-order valence-electron chi connectivity index (χ4n) is 1.08. The minimum Gasteiger partial charge on any atom is -0.298 e. The molecule has 0 aliphatic carbocycles. The van der Waals surface area contributed by atoms with Gasteiger partial charge in [0, 0.05) is 19.2 Å². The highest BCUT2D eigenvalue weighted by Crippen LogP contribution is 2.08. The molecule has 0 aliphatic heterocycles. The molecule has 0 saturated heterocycles. The van der Waals surface area contributed by atoms with Gasteiger partial charge in [-0.3, -0.25) is 9.59 Å². The van der Waals surface area contributed by atoms with E-state index in [0.29, 0.717) is 5.56 Å². The van der Waals surface area contributed by atoms with Gasteiger partial charge >= 0.3 is 0 Å². The summed E-state index contributed by atoms with van der Waals surface area (Å²) >= 11 is 5.46. The van der Waals surface area contributed by atoms with Crippen LogP contribution in [0.4, 0.5) is 0 Å². The van der Waals surface area contributed by atoms with E-state index in [2.05, 4.69) is 38.5 Å². The van der Waals surface area contributed by atoms with Gasteiger partial charge in [-0.15, -0.1) is 0 Å². The molecule has 18 heavy (non-hydrogen) atoms. The first-order valence-corrected chi connectivity index (χ1v) is 6.94. The molecule has 0 heterocycles. The normalized spacial score (nSPS) is 9.00. The zero-order valence-corrected chi connectivity index (χ0v) is 13.1. The average Bonchev–Trinajstić information content (AvgIpc) is 2.41. The Balaban J connectivity index is 0.000000180. The molecule has 0 amide bonds. The van der Waals surface area contributed by atoms with Crippen LogP contribution in [0.25, 0.3) is 0 Å². The standard InChI is InChI=1S/C7H5BrO.C7H5IO/c2*8-7-3-1-6(5-9)2-4-7/h2*1-5H. The van der Waals surface area contributed by atoms with Crippen LogP contribution in [0, 0.1) is 3.57 Å². The van der Waals surface area contributed by atoms with E-state index in [1.54, 1.807) is 24.3 Å². The molecule has 2 nitrogen and oxygen atoms in total. The van der Waals surface area contributed by atoms with Crippen LogP contribution >= 0.6 is 38.5 Å². The van der Waals surface area contributed by atoms with Gasteiger partial charge in [0.15, 0.2) is 0 Å². The molecule has 0 spiro atoms. The van der Waals surface area contributed by atoms with Crippen LogP contribution in [0.2, 0.25) is 0 Å². The lowest BCUT2D eigenvalue weighted by atomic mass is 10.2. The van der Waals surface area contributed by atoms with Gasteiger partial charge in [-0.2, -0.15) is 0 Å². The summed E-state index contributed by atoms with van der Waals surface area (Å²) in [6.45, 7) is 0. The van der Waals surface area contributed by atoms with Crippen molar-refractivity contribution < 1.29 is 9.59 Å². The Morgan fingerprint density at radius 1 is 0.778 bits per heavy atom. The van der Waals surface area contributed by atoms with Gasteiger partial charge in [0.05, 0.1) is 0 Å². The van der Waals surface area contributed by atoms with Crippen LogP contribution < -0.4 is 0 Å². The van der Waals surface area contributed by atoms with Crippen molar-refractivity contribution in [1.82, 2.24) is 0 Å². The molecule has 0 fully saturated rings. The molecule has 0 aliphatic rings. The van der Waals surface area contributed by atoms with E-state index >= 15 is 0 Å². The molecule has 4 heteroatoms. The van der Waals surface area contributed by atoms with Crippen molar-refractivity contribution in [3.05, 3.63) is 67.7 Å². The fourth-order valence-corrected chi connectivity index (χ4v) is 1.71. The van der Waals surface area contributed by atoms with Gasteiger partial charge in [-0.1, -0.05) is 40.2 Å². The maximum Gasteiger partial charge on any atom is 0.150 e. The second-order valence-corrected chi connectivity index (χ2v) is 5.50. The first-order chi connectivity index (χ1) is 8.65. The smallest absolute Gasteiger partial charge is 0.150 e. The fraction of sp³-hybridized carbons (Fsp3) is 0. The predicted octanol–water partition coefficient (Wildman–Crippen LogP) is 4.37. The van der Waals surface area contributed by atoms with Gasteiger partial charge < -0.3 is 0 Å². The van der Waals surface area contributed by atoms with Crippen LogP contribution in [0.5, 0.6) is 0 Å². The van der Waals surface area contributed by atoms with E-state index in [9.17, 15) is 9.59 Å². The highest BCUT2D eigenvalue weighted by atomic mass is 127. The van der Waals surface area contributed by atoms with Crippen molar-refractivity contribution in [2.45, 2.75) is 0 Å². The average molecular weight is 417 g/mol. The van der Waals surface area contributed by atoms with Crippen molar-refractivity contribution in [2.75, 3.05) is 0 Å². The van der Waals surface area contributed by atoms with Crippen LogP contribution in [0.3, 0.4) is 0 Å². The monoisotopic (exact) mass is 416 g/mol. The Morgan fingerprint density at radius 3 is 1.56 bits per heavy atom. The van der Waals surface area contributed by atoms with E-state index in [0.717, 1.165) is 26.2 Å². The summed E-state index contributed by atoms with van der Waals surface area (Å²) in [7, 11) is 0. The largest absolute Gasteiger partial charge is 0.298 e. The van der Waals surface area contributed by atoms with Crippen molar-refractivity contribution in [1.29, 1.82) is 0 Å². The Labute approximate surface area is 128 Å². The van der Waals surface area contributed by atoms with Gasteiger partial charge in [-0.05, 0) is 46.9 Å². The highest BCUT2D eigenvalue weighted by Gasteiger charge is 1.87. The Hall–Kier alpha value is -1.01. The van der Waals surface area contributed by atoms with Crippen molar-refractivity contribution >= 4 is 51.1 Å². The summed E-state index contributed by atoms with van der Waals surface area (Å²) in [5.74, 6) is 0. The van der Waals surface area contributed by atoms with Crippen LogP contribution in [-0.4, -0.2) is 12.6 Å². The summed E-state index contributed by atoms with van der Waals surface area (Å²) in [4.78, 5) is 20.2. The Morgan fingerprint density at radius 2 is 1.17 bits per heavy atom. The molecule has 2 aromatic rings. The number of carbonyl (C=O) groups is 2. The molecule has 0 saturated carbocycles. The zero-order valence-electron chi connectivity index (χ0n) is 9.35. The lowest BCUT2D eigenvalue weighted by molar-refractivity contribution is 0.111. The van der Waals surface area contributed by atoms with E-state index in [-0.39, 0.29) is 0 Å². The van der Waals surface area contributed by atoms with Gasteiger partial charge in [0.1, 0.15) is 12.6 Å². The van der Waals surface area contributed by atoms with Crippen LogP contribution in [0.15, 0.2) is 53.0 Å². The molecule has 92 valence electrons. The topological polar surface area (TPSA) is 34.1 Å². The summed E-state index contributed by atoms with van der Waals surface area (Å²) < 4.78 is 2.14. The number of hydrogen-bond acceptors (Lipinski definition) is 2. The molecule has 0 bridgehead atoms. The Bertz CT molecular complexity index is 457. The quantitative estimate of drug-likeness (QED) is 0.538. The number of benzene rings is 2. The van der Waals surface area contributed by atoms with E-state index in [1.807, 2.05) is 24.3 Å². The first-order valence-electron chi connectivity index (χ1n) is 5.07. The highest BCUT2D eigenvalue weighted by molar-refractivity contribution is 14.1. The number of carbonyl (C=O) groups excluding carboxylic acids is 2. The van der Waals surface area contributed by atoms with Crippen molar-refractivity contribution in [3.8, 4) is 0 Å². The lowest BCUT2D eigenvalue weighted by Crippen LogP contribution is -1.76. The third kappa shape index (κ3) is 5.55. The third-order valence-electron chi connectivity index (χ3n) is 2.01. The Kier molecular flexibility index (Phi) is 6.82. The van der Waals surface area contributed by atoms with Gasteiger partial charge in [0.25, 0.3) is 0 Å². The molecule has 0 atom stereocenters. The molecule has 0 unspecified atom stereocenters. The minimum atomic E-state index is 0.707. The van der Waals surface area contributed by atoms with Gasteiger partial charge in [-0.25, -0.2) is 0 Å². The van der Waals surface area contributed by atoms with E-state index in [1.165, 1.54) is 0 Å².